The SMILES string of the molecule is COc1ccc(C)cc1NC(=O)CSc1nnc([C@H]2COc3ccccc3O2)n1N. The fraction of sp³-hybridized carbons (Fsp3) is 0.250. The number of nitrogen functional groups attached to an aromatic ring is 1. The number of nitrogens with one attached hydrogen (secondary N) is 1. The minimum atomic E-state index is -0.489. The Morgan fingerprint density at radius 1 is 1.30 bits per heavy atom. The third-order valence-corrected chi connectivity index (χ3v) is 5.39. The van der Waals surface area contributed by atoms with Crippen molar-refractivity contribution in [1.82, 2.24) is 14.9 Å². The largest absolute Gasteiger partial charge is 0.495 e. The Bertz CT molecular complexity index is 1070. The van der Waals surface area contributed by atoms with E-state index in [1.54, 1.807) is 7.11 Å². The quantitative estimate of drug-likeness (QED) is 0.456. The molecule has 10 heteroatoms. The molecule has 1 amide bonds. The number of amides is 1. The number of aryl methyl sites for hydroxylation is 1. The Morgan fingerprint density at radius 3 is 2.90 bits per heavy atom. The third-order valence-electron chi connectivity index (χ3n) is 4.45. The molecule has 1 aromatic heterocycles. The topological polar surface area (TPSA) is 114 Å². The van der Waals surface area contributed by atoms with Crippen LogP contribution in [0.25, 0.3) is 0 Å². The summed E-state index contributed by atoms with van der Waals surface area (Å²) in [6.45, 7) is 2.21. The van der Waals surface area contributed by atoms with Crippen molar-refractivity contribution in [2.75, 3.05) is 30.6 Å². The number of carbonyl (C=O) groups excluding carboxylic acids is 1. The minimum Gasteiger partial charge on any atom is -0.495 e. The van der Waals surface area contributed by atoms with E-state index in [0.29, 0.717) is 33.9 Å². The molecule has 9 nitrogen and oxygen atoms in total. The van der Waals surface area contributed by atoms with Crippen LogP contribution in [0.4, 0.5) is 5.69 Å². The van der Waals surface area contributed by atoms with Gasteiger partial charge in [0.2, 0.25) is 11.1 Å². The molecule has 0 saturated heterocycles. The van der Waals surface area contributed by atoms with Crippen LogP contribution >= 0.6 is 11.8 Å². The molecule has 1 atom stereocenters. The first kappa shape index (κ1) is 19.9. The van der Waals surface area contributed by atoms with E-state index in [-0.39, 0.29) is 18.3 Å². The summed E-state index contributed by atoms with van der Waals surface area (Å²) in [5.41, 5.74) is 1.63. The van der Waals surface area contributed by atoms with Crippen LogP contribution in [0.15, 0.2) is 47.6 Å². The maximum absolute atomic E-state index is 12.4. The molecular weight excluding hydrogens is 406 g/mol. The van der Waals surface area contributed by atoms with Crippen LogP contribution < -0.4 is 25.4 Å². The molecule has 0 unspecified atom stereocenters. The van der Waals surface area contributed by atoms with Gasteiger partial charge in [0.25, 0.3) is 0 Å². The van der Waals surface area contributed by atoms with E-state index < -0.39 is 6.10 Å². The number of ether oxygens (including phenoxy) is 3. The van der Waals surface area contributed by atoms with E-state index in [4.69, 9.17) is 20.1 Å². The number of para-hydroxylation sites is 2. The summed E-state index contributed by atoms with van der Waals surface area (Å²) in [5, 5.41) is 11.5. The lowest BCUT2D eigenvalue weighted by Crippen LogP contribution is -2.27. The van der Waals surface area contributed by atoms with Crippen LogP contribution in [-0.4, -0.2) is 40.3 Å². The summed E-state index contributed by atoms with van der Waals surface area (Å²) in [5.74, 6) is 8.36. The highest BCUT2D eigenvalue weighted by molar-refractivity contribution is 7.99. The number of fused-ring (bicyclic) bond motifs is 1. The number of methoxy groups -OCH3 is 1. The van der Waals surface area contributed by atoms with E-state index in [2.05, 4.69) is 15.5 Å². The van der Waals surface area contributed by atoms with Gasteiger partial charge in [-0.15, -0.1) is 10.2 Å². The zero-order chi connectivity index (χ0) is 21.1. The average Bonchev–Trinajstić information content (AvgIpc) is 3.12. The number of nitrogens with zero attached hydrogens (tertiary/aromatic N) is 3. The van der Waals surface area contributed by atoms with Crippen molar-refractivity contribution < 1.29 is 19.0 Å². The normalized spacial score (nSPS) is 14.9. The van der Waals surface area contributed by atoms with E-state index in [0.717, 1.165) is 5.56 Å². The third kappa shape index (κ3) is 4.13. The van der Waals surface area contributed by atoms with E-state index in [9.17, 15) is 4.79 Å². The van der Waals surface area contributed by atoms with Gasteiger partial charge in [0.1, 0.15) is 12.4 Å². The highest BCUT2D eigenvalue weighted by atomic mass is 32.2. The molecule has 0 bridgehead atoms. The number of hydrogen-bond donors (Lipinski definition) is 2. The molecule has 30 heavy (non-hydrogen) atoms. The summed E-state index contributed by atoms with van der Waals surface area (Å²) >= 11 is 1.18. The van der Waals surface area contributed by atoms with E-state index in [1.807, 2.05) is 49.4 Å². The fourth-order valence-corrected chi connectivity index (χ4v) is 3.65. The number of anilines is 1. The molecule has 0 fully saturated rings. The van der Waals surface area contributed by atoms with Crippen molar-refractivity contribution in [2.45, 2.75) is 18.2 Å². The number of nitrogens with two attached hydrogens (primary N) is 1. The minimum absolute atomic E-state index is 0.108. The summed E-state index contributed by atoms with van der Waals surface area (Å²) in [4.78, 5) is 12.4. The van der Waals surface area contributed by atoms with E-state index >= 15 is 0 Å². The predicted octanol–water partition coefficient (Wildman–Crippen LogP) is 2.55. The molecule has 0 saturated carbocycles. The van der Waals surface area contributed by atoms with Gasteiger partial charge in [0, 0.05) is 0 Å². The van der Waals surface area contributed by atoms with Crippen LogP contribution in [0.5, 0.6) is 17.2 Å². The van der Waals surface area contributed by atoms with Crippen molar-refractivity contribution in [2.24, 2.45) is 0 Å². The molecular formula is C20H21N5O4S. The molecule has 0 aliphatic carbocycles. The number of benzene rings is 2. The smallest absolute Gasteiger partial charge is 0.234 e. The second-order valence-corrected chi connectivity index (χ2v) is 7.56. The van der Waals surface area contributed by atoms with Gasteiger partial charge < -0.3 is 25.4 Å². The number of hydrogen-bond acceptors (Lipinski definition) is 8. The molecule has 3 aromatic rings. The van der Waals surface area contributed by atoms with Crippen LogP contribution in [-0.2, 0) is 4.79 Å². The van der Waals surface area contributed by atoms with Gasteiger partial charge >= 0.3 is 0 Å². The highest BCUT2D eigenvalue weighted by Gasteiger charge is 2.28. The lowest BCUT2D eigenvalue weighted by atomic mass is 10.2. The maximum atomic E-state index is 12.4. The number of aromatic nitrogens is 3. The van der Waals surface area contributed by atoms with Gasteiger partial charge in [0.05, 0.1) is 18.6 Å². The molecule has 156 valence electrons. The Hall–Kier alpha value is -3.40. The van der Waals surface area contributed by atoms with Crippen molar-refractivity contribution in [3.63, 3.8) is 0 Å². The Kier molecular flexibility index (Phi) is 5.66. The van der Waals surface area contributed by atoms with Crippen molar-refractivity contribution in [3.05, 3.63) is 53.9 Å². The van der Waals surface area contributed by atoms with Crippen LogP contribution in [0.3, 0.4) is 0 Å². The fourth-order valence-electron chi connectivity index (χ4n) is 2.99. The summed E-state index contributed by atoms with van der Waals surface area (Å²) < 4.78 is 18.2. The summed E-state index contributed by atoms with van der Waals surface area (Å²) in [7, 11) is 1.56. The zero-order valence-corrected chi connectivity index (χ0v) is 17.3. The molecule has 2 aromatic carbocycles. The van der Waals surface area contributed by atoms with Crippen molar-refractivity contribution in [1.29, 1.82) is 0 Å². The molecule has 3 N–H and O–H groups in total. The van der Waals surface area contributed by atoms with Crippen molar-refractivity contribution in [3.8, 4) is 17.2 Å². The Morgan fingerprint density at radius 2 is 2.10 bits per heavy atom. The number of carbonyl (C=O) groups is 1. The lowest BCUT2D eigenvalue weighted by Gasteiger charge is -2.25. The first-order valence-electron chi connectivity index (χ1n) is 9.21. The van der Waals surface area contributed by atoms with Crippen LogP contribution in [0.1, 0.15) is 17.5 Å². The Labute approximate surface area is 177 Å². The first-order chi connectivity index (χ1) is 14.5. The molecule has 1 aliphatic heterocycles. The first-order valence-corrected chi connectivity index (χ1v) is 10.2. The van der Waals surface area contributed by atoms with Gasteiger partial charge in [-0.25, -0.2) is 4.68 Å². The zero-order valence-electron chi connectivity index (χ0n) is 16.5. The molecule has 2 heterocycles. The van der Waals surface area contributed by atoms with Gasteiger partial charge in [0.15, 0.2) is 23.4 Å². The van der Waals surface area contributed by atoms with Crippen LogP contribution in [0, 0.1) is 6.92 Å². The molecule has 4 rings (SSSR count). The molecule has 0 spiro atoms. The van der Waals surface area contributed by atoms with Crippen LogP contribution in [0.2, 0.25) is 0 Å². The Balaban J connectivity index is 1.39. The van der Waals surface area contributed by atoms with Gasteiger partial charge in [-0.2, -0.15) is 0 Å². The summed E-state index contributed by atoms with van der Waals surface area (Å²) in [6, 6.07) is 13.0. The van der Waals surface area contributed by atoms with Gasteiger partial charge in [-0.1, -0.05) is 30.0 Å². The lowest BCUT2D eigenvalue weighted by molar-refractivity contribution is -0.113. The monoisotopic (exact) mass is 427 g/mol. The standard InChI is InChI=1S/C20H21N5O4S/c1-12-7-8-14(27-2)13(9-12)22-18(26)11-30-20-24-23-19(25(20)21)17-10-28-15-5-3-4-6-16(15)29-17/h3-9,17H,10-11,21H2,1-2H3,(H,22,26)/t17-/m1/s1. The second-order valence-electron chi connectivity index (χ2n) is 6.62. The summed E-state index contributed by atoms with van der Waals surface area (Å²) in [6.07, 6.45) is -0.489. The number of rotatable bonds is 6. The van der Waals surface area contributed by atoms with Gasteiger partial charge in [-0.3, -0.25) is 4.79 Å². The number of thioether (sulfide) groups is 1. The molecule has 0 radical (unpaired) electrons. The second kappa shape index (κ2) is 8.54. The molecule has 1 aliphatic rings. The maximum Gasteiger partial charge on any atom is 0.234 e. The van der Waals surface area contributed by atoms with E-state index in [1.165, 1.54) is 16.4 Å². The average molecular weight is 427 g/mol. The highest BCUT2D eigenvalue weighted by Crippen LogP contribution is 2.35. The van der Waals surface area contributed by atoms with Gasteiger partial charge in [-0.05, 0) is 36.8 Å². The van der Waals surface area contributed by atoms with Crippen molar-refractivity contribution >= 4 is 23.4 Å². The predicted molar refractivity (Wildman–Crippen MR) is 113 cm³/mol.